The van der Waals surface area contributed by atoms with E-state index in [1.165, 1.54) is 31.5 Å². The molecule has 1 aromatic rings. The zero-order valence-corrected chi connectivity index (χ0v) is 10.1. The highest BCUT2D eigenvalue weighted by Crippen LogP contribution is 2.18. The lowest BCUT2D eigenvalue weighted by molar-refractivity contribution is -0.134. The number of nitrogens with one attached hydrogen (secondary N) is 1. The SMILES string of the molecule is COC(=O)/C=C/Nc1ccc(F)cc1I. The van der Waals surface area contributed by atoms with Crippen molar-refractivity contribution in [2.24, 2.45) is 0 Å². The molecule has 0 unspecified atom stereocenters. The van der Waals surface area contributed by atoms with Gasteiger partial charge in [0.05, 0.1) is 12.8 Å². The maximum absolute atomic E-state index is 12.7. The number of halogens is 2. The van der Waals surface area contributed by atoms with E-state index in [2.05, 4.69) is 10.1 Å². The van der Waals surface area contributed by atoms with E-state index < -0.39 is 5.97 Å². The van der Waals surface area contributed by atoms with Crippen LogP contribution in [0.2, 0.25) is 0 Å². The highest BCUT2D eigenvalue weighted by atomic mass is 127. The number of carbonyl (C=O) groups excluding carboxylic acids is 1. The van der Waals surface area contributed by atoms with Gasteiger partial charge in [0.25, 0.3) is 0 Å². The molecule has 0 spiro atoms. The number of ether oxygens (including phenoxy) is 1. The largest absolute Gasteiger partial charge is 0.466 e. The van der Waals surface area contributed by atoms with Crippen LogP contribution >= 0.6 is 22.6 Å². The summed E-state index contributed by atoms with van der Waals surface area (Å²) >= 11 is 2.00. The molecule has 0 saturated carbocycles. The minimum atomic E-state index is -0.445. The van der Waals surface area contributed by atoms with E-state index in [0.29, 0.717) is 0 Å². The van der Waals surface area contributed by atoms with Gasteiger partial charge in [-0.3, -0.25) is 0 Å². The van der Waals surface area contributed by atoms with Crippen molar-refractivity contribution in [3.8, 4) is 0 Å². The van der Waals surface area contributed by atoms with Gasteiger partial charge in [0.1, 0.15) is 5.82 Å². The number of benzene rings is 1. The van der Waals surface area contributed by atoms with Crippen molar-refractivity contribution in [2.45, 2.75) is 0 Å². The normalized spacial score (nSPS) is 10.3. The van der Waals surface area contributed by atoms with E-state index in [1.54, 1.807) is 6.07 Å². The molecule has 80 valence electrons. The molecule has 1 aromatic carbocycles. The van der Waals surface area contributed by atoms with Gasteiger partial charge in [-0.05, 0) is 40.8 Å². The van der Waals surface area contributed by atoms with Gasteiger partial charge in [-0.2, -0.15) is 0 Å². The fraction of sp³-hybridized carbons (Fsp3) is 0.100. The van der Waals surface area contributed by atoms with Crippen LogP contribution in [0.4, 0.5) is 10.1 Å². The topological polar surface area (TPSA) is 38.3 Å². The molecule has 0 fully saturated rings. The van der Waals surface area contributed by atoms with Crippen LogP contribution in [0.15, 0.2) is 30.5 Å². The average molecular weight is 321 g/mol. The summed E-state index contributed by atoms with van der Waals surface area (Å²) in [6, 6.07) is 4.34. The number of esters is 1. The van der Waals surface area contributed by atoms with Crippen molar-refractivity contribution in [1.82, 2.24) is 0 Å². The molecule has 0 radical (unpaired) electrons. The van der Waals surface area contributed by atoms with Gasteiger partial charge >= 0.3 is 5.97 Å². The Morgan fingerprint density at radius 2 is 2.33 bits per heavy atom. The predicted molar refractivity (Wildman–Crippen MR) is 63.9 cm³/mol. The molecular formula is C10H9FINO2. The van der Waals surface area contributed by atoms with Crippen LogP contribution in [0.5, 0.6) is 0 Å². The van der Waals surface area contributed by atoms with E-state index in [1.807, 2.05) is 22.6 Å². The van der Waals surface area contributed by atoms with Crippen molar-refractivity contribution in [3.63, 3.8) is 0 Å². The lowest BCUT2D eigenvalue weighted by atomic mass is 10.3. The van der Waals surface area contributed by atoms with Crippen LogP contribution < -0.4 is 5.32 Å². The molecule has 3 nitrogen and oxygen atoms in total. The second-order valence-corrected chi connectivity index (χ2v) is 3.79. The third kappa shape index (κ3) is 3.86. The highest BCUT2D eigenvalue weighted by molar-refractivity contribution is 14.1. The van der Waals surface area contributed by atoms with Gasteiger partial charge in [-0.1, -0.05) is 0 Å². The Kier molecular flexibility index (Phi) is 4.54. The van der Waals surface area contributed by atoms with E-state index in [4.69, 9.17) is 0 Å². The van der Waals surface area contributed by atoms with Gasteiger partial charge in [0.2, 0.25) is 0 Å². The van der Waals surface area contributed by atoms with Crippen LogP contribution in [-0.2, 0) is 9.53 Å². The highest BCUT2D eigenvalue weighted by Gasteiger charge is 1.99. The fourth-order valence-corrected chi connectivity index (χ4v) is 1.51. The molecule has 0 amide bonds. The first kappa shape index (κ1) is 12.0. The summed E-state index contributed by atoms with van der Waals surface area (Å²) in [6.07, 6.45) is 2.70. The van der Waals surface area contributed by atoms with Crippen LogP contribution in [0, 0.1) is 9.39 Å². The molecule has 0 aliphatic rings. The standard InChI is InChI=1S/C10H9FINO2/c1-15-10(14)4-5-13-9-3-2-7(11)6-8(9)12/h2-6,13H,1H3/b5-4+. The molecule has 0 atom stereocenters. The Balaban J connectivity index is 2.65. The predicted octanol–water partition coefficient (Wildman–Crippen LogP) is 2.53. The summed E-state index contributed by atoms with van der Waals surface area (Å²) in [6.45, 7) is 0. The second-order valence-electron chi connectivity index (χ2n) is 2.62. The third-order valence-electron chi connectivity index (χ3n) is 1.59. The van der Waals surface area contributed by atoms with Crippen LogP contribution in [-0.4, -0.2) is 13.1 Å². The quantitative estimate of drug-likeness (QED) is 0.528. The number of anilines is 1. The molecular weight excluding hydrogens is 312 g/mol. The Morgan fingerprint density at radius 3 is 2.93 bits per heavy atom. The van der Waals surface area contributed by atoms with Crippen molar-refractivity contribution in [1.29, 1.82) is 0 Å². The summed E-state index contributed by atoms with van der Waals surface area (Å²) in [4.78, 5) is 10.7. The summed E-state index contributed by atoms with van der Waals surface area (Å²) in [5, 5.41) is 2.85. The lowest BCUT2D eigenvalue weighted by Gasteiger charge is -2.03. The fourth-order valence-electron chi connectivity index (χ4n) is 0.874. The molecule has 0 aromatic heterocycles. The Hall–Kier alpha value is -1.11. The van der Waals surface area contributed by atoms with E-state index in [0.717, 1.165) is 9.26 Å². The number of hydrogen-bond donors (Lipinski definition) is 1. The summed E-state index contributed by atoms with van der Waals surface area (Å²) in [5.74, 6) is -0.735. The third-order valence-corrected chi connectivity index (χ3v) is 2.48. The second kappa shape index (κ2) is 5.69. The maximum Gasteiger partial charge on any atom is 0.331 e. The van der Waals surface area contributed by atoms with Crippen LogP contribution in [0.1, 0.15) is 0 Å². The molecule has 0 aliphatic carbocycles. The number of methoxy groups -OCH3 is 1. The molecule has 1 rings (SSSR count). The monoisotopic (exact) mass is 321 g/mol. The molecule has 1 N–H and O–H groups in total. The molecule has 0 bridgehead atoms. The minimum absolute atomic E-state index is 0.290. The smallest absolute Gasteiger partial charge is 0.331 e. The maximum atomic E-state index is 12.7. The Morgan fingerprint density at radius 1 is 1.60 bits per heavy atom. The summed E-state index contributed by atoms with van der Waals surface area (Å²) in [5.41, 5.74) is 0.733. The number of rotatable bonds is 3. The van der Waals surface area contributed by atoms with Gasteiger partial charge in [-0.15, -0.1) is 0 Å². The number of carbonyl (C=O) groups is 1. The zero-order valence-electron chi connectivity index (χ0n) is 7.96. The van der Waals surface area contributed by atoms with E-state index in [-0.39, 0.29) is 5.82 Å². The molecule has 15 heavy (non-hydrogen) atoms. The first-order valence-corrected chi connectivity index (χ1v) is 5.17. The Bertz CT molecular complexity index is 393. The average Bonchev–Trinajstić information content (AvgIpc) is 2.21. The molecule has 5 heteroatoms. The van der Waals surface area contributed by atoms with E-state index >= 15 is 0 Å². The molecule has 0 heterocycles. The van der Waals surface area contributed by atoms with Gasteiger partial charge in [-0.25, -0.2) is 9.18 Å². The van der Waals surface area contributed by atoms with Crippen molar-refractivity contribution in [2.75, 3.05) is 12.4 Å². The van der Waals surface area contributed by atoms with Crippen molar-refractivity contribution in [3.05, 3.63) is 39.9 Å². The van der Waals surface area contributed by atoms with Crippen molar-refractivity contribution >= 4 is 34.2 Å². The number of hydrogen-bond acceptors (Lipinski definition) is 3. The van der Waals surface area contributed by atoms with Crippen LogP contribution in [0.3, 0.4) is 0 Å². The first-order valence-electron chi connectivity index (χ1n) is 4.09. The zero-order chi connectivity index (χ0) is 11.3. The lowest BCUT2D eigenvalue weighted by Crippen LogP contribution is -1.97. The van der Waals surface area contributed by atoms with Gasteiger partial charge < -0.3 is 10.1 Å². The summed E-state index contributed by atoms with van der Waals surface area (Å²) in [7, 11) is 1.30. The summed E-state index contributed by atoms with van der Waals surface area (Å²) < 4.78 is 17.9. The van der Waals surface area contributed by atoms with Gasteiger partial charge in [0, 0.05) is 15.8 Å². The minimum Gasteiger partial charge on any atom is -0.466 e. The molecule has 0 saturated heterocycles. The van der Waals surface area contributed by atoms with Gasteiger partial charge in [0.15, 0.2) is 0 Å². The van der Waals surface area contributed by atoms with Crippen molar-refractivity contribution < 1.29 is 13.9 Å². The van der Waals surface area contributed by atoms with E-state index in [9.17, 15) is 9.18 Å². The van der Waals surface area contributed by atoms with Crippen LogP contribution in [0.25, 0.3) is 0 Å². The Labute approximate surface area is 100 Å². The first-order chi connectivity index (χ1) is 7.13. The molecule has 0 aliphatic heterocycles.